The monoisotopic (exact) mass is 468 g/mol. The topological polar surface area (TPSA) is 52.6 Å². The van der Waals surface area contributed by atoms with Gasteiger partial charge in [-0.15, -0.1) is 0 Å². The van der Waals surface area contributed by atoms with Gasteiger partial charge in [0.2, 0.25) is 11.3 Å². The first-order valence-electron chi connectivity index (χ1n) is 10.7. The Hall–Kier alpha value is -2.90. The van der Waals surface area contributed by atoms with E-state index in [4.69, 9.17) is 9.47 Å². The van der Waals surface area contributed by atoms with Gasteiger partial charge in [-0.25, -0.2) is 18.4 Å². The van der Waals surface area contributed by atoms with Gasteiger partial charge in [0.15, 0.2) is 0 Å². The number of hydrogen-bond acceptors (Lipinski definition) is 4. The fourth-order valence-electron chi connectivity index (χ4n) is 3.34. The van der Waals surface area contributed by atoms with Crippen molar-refractivity contribution in [1.29, 1.82) is 0 Å². The molecular weight excluding hydrogens is 440 g/mol. The number of carbonyl (C=O) groups is 2. The van der Waals surface area contributed by atoms with Crippen molar-refractivity contribution in [2.45, 2.75) is 57.8 Å². The third-order valence-corrected chi connectivity index (χ3v) is 5.48. The van der Waals surface area contributed by atoms with Crippen LogP contribution in [0.4, 0.5) is 17.6 Å². The molecule has 33 heavy (non-hydrogen) atoms. The van der Waals surface area contributed by atoms with Gasteiger partial charge in [-0.1, -0.05) is 49.2 Å². The number of carbonyl (C=O) groups excluding carboxylic acids is 2. The summed E-state index contributed by atoms with van der Waals surface area (Å²) in [6.45, 7) is 4.95. The quantitative estimate of drug-likeness (QED) is 0.375. The maximum absolute atomic E-state index is 15.0. The van der Waals surface area contributed by atoms with Gasteiger partial charge in [-0.05, 0) is 51.0 Å². The van der Waals surface area contributed by atoms with Crippen molar-refractivity contribution < 1.29 is 36.6 Å². The number of hydrogen-bond donors (Lipinski definition) is 0. The van der Waals surface area contributed by atoms with Crippen molar-refractivity contribution in [1.82, 2.24) is 0 Å². The summed E-state index contributed by atoms with van der Waals surface area (Å²) in [5, 5.41) is 0. The van der Waals surface area contributed by atoms with E-state index in [0.717, 1.165) is 11.1 Å². The van der Waals surface area contributed by atoms with E-state index in [2.05, 4.69) is 0 Å². The smallest absolute Gasteiger partial charge is 0.338 e. The van der Waals surface area contributed by atoms with Gasteiger partial charge >= 0.3 is 17.9 Å². The largest absolute Gasteiger partial charge is 0.458 e. The number of benzene rings is 2. The van der Waals surface area contributed by atoms with E-state index in [9.17, 15) is 18.4 Å². The van der Waals surface area contributed by atoms with Gasteiger partial charge in [0.1, 0.15) is 13.2 Å². The predicted octanol–water partition coefficient (Wildman–Crippen LogP) is 6.19. The molecule has 2 aromatic rings. The summed E-state index contributed by atoms with van der Waals surface area (Å²) >= 11 is 0. The summed E-state index contributed by atoms with van der Waals surface area (Å²) in [6, 6.07) is 12.1. The summed E-state index contributed by atoms with van der Waals surface area (Å²) in [5.74, 6) is -6.51. The lowest BCUT2D eigenvalue weighted by atomic mass is 9.95. The molecule has 1 aliphatic carbocycles. The molecule has 0 aromatic heterocycles. The fraction of sp³-hybridized carbons (Fsp3) is 0.440. The summed E-state index contributed by atoms with van der Waals surface area (Å²) in [6.07, 6.45) is -1.78. The highest BCUT2D eigenvalue weighted by atomic mass is 19.3. The molecular formula is C25H28F4O4. The second-order valence-electron chi connectivity index (χ2n) is 7.89. The average molecular weight is 468 g/mol. The highest BCUT2D eigenvalue weighted by Crippen LogP contribution is 2.55. The minimum Gasteiger partial charge on any atom is -0.458 e. The zero-order valence-electron chi connectivity index (χ0n) is 19.1. The Morgan fingerprint density at radius 2 is 1.00 bits per heavy atom. The third-order valence-electron chi connectivity index (χ3n) is 5.48. The highest BCUT2D eigenvalue weighted by molar-refractivity contribution is 5.90. The third kappa shape index (κ3) is 5.54. The van der Waals surface area contributed by atoms with Gasteiger partial charge in [0.25, 0.3) is 0 Å². The highest BCUT2D eigenvalue weighted by Gasteiger charge is 2.74. The molecule has 180 valence electrons. The number of rotatable bonds is 6. The Labute approximate surface area is 190 Å². The Balaban J connectivity index is 0.00000187. The van der Waals surface area contributed by atoms with Crippen molar-refractivity contribution in [2.75, 3.05) is 13.2 Å². The first-order chi connectivity index (χ1) is 15.5. The average Bonchev–Trinajstić information content (AvgIpc) is 2.98. The van der Waals surface area contributed by atoms with E-state index in [1.165, 1.54) is 24.3 Å². The Morgan fingerprint density at radius 3 is 1.30 bits per heavy atom. The van der Waals surface area contributed by atoms with Crippen LogP contribution in [0.25, 0.3) is 0 Å². The zero-order chi connectivity index (χ0) is 24.9. The van der Waals surface area contributed by atoms with Crippen LogP contribution in [0.15, 0.2) is 48.5 Å². The maximum Gasteiger partial charge on any atom is 0.338 e. The lowest BCUT2D eigenvalue weighted by Crippen LogP contribution is -2.55. The second kappa shape index (κ2) is 10.4. The normalized spacial score (nSPS) is 23.3. The molecule has 0 heterocycles. The molecule has 0 N–H and O–H groups in total. The number of halogens is 4. The lowest BCUT2D eigenvalue weighted by Gasteiger charge is -2.33. The van der Waals surface area contributed by atoms with Crippen LogP contribution in [0.5, 0.6) is 0 Å². The lowest BCUT2D eigenvalue weighted by molar-refractivity contribution is -0.207. The van der Waals surface area contributed by atoms with Crippen LogP contribution in [0.2, 0.25) is 0 Å². The van der Waals surface area contributed by atoms with Gasteiger partial charge in [0, 0.05) is 0 Å². The van der Waals surface area contributed by atoms with Gasteiger partial charge in [-0.2, -0.15) is 8.78 Å². The molecule has 2 unspecified atom stereocenters. The van der Waals surface area contributed by atoms with Gasteiger partial charge in [-0.3, -0.25) is 0 Å². The molecule has 0 aliphatic heterocycles. The second-order valence-corrected chi connectivity index (χ2v) is 7.89. The van der Waals surface area contributed by atoms with Gasteiger partial charge in [0.05, 0.1) is 11.1 Å². The van der Waals surface area contributed by atoms with E-state index in [1.807, 2.05) is 13.8 Å². The van der Waals surface area contributed by atoms with Crippen LogP contribution in [-0.2, 0) is 9.47 Å². The summed E-state index contributed by atoms with van der Waals surface area (Å²) in [4.78, 5) is 24.1. The Morgan fingerprint density at radius 1 is 0.697 bits per heavy atom. The summed E-state index contributed by atoms with van der Waals surface area (Å²) in [5.41, 5.74) is -4.98. The SMILES string of the molecule is CC.Cc1ccc(C(=O)OCC2(F)CCC(F)(COC(=O)c3ccc(C)cc3)C2(F)F)cc1. The van der Waals surface area contributed by atoms with E-state index < -0.39 is 55.3 Å². The molecule has 0 bridgehead atoms. The predicted molar refractivity (Wildman–Crippen MR) is 116 cm³/mol. The first-order valence-corrected chi connectivity index (χ1v) is 10.7. The molecule has 0 saturated heterocycles. The van der Waals surface area contributed by atoms with Crippen molar-refractivity contribution in [3.63, 3.8) is 0 Å². The summed E-state index contributed by atoms with van der Waals surface area (Å²) in [7, 11) is 0. The minimum atomic E-state index is -4.53. The Kier molecular flexibility index (Phi) is 8.27. The fourth-order valence-corrected chi connectivity index (χ4v) is 3.34. The van der Waals surface area contributed by atoms with Crippen LogP contribution in [0.3, 0.4) is 0 Å². The molecule has 2 atom stereocenters. The molecule has 4 nitrogen and oxygen atoms in total. The van der Waals surface area contributed by atoms with E-state index in [0.29, 0.717) is 0 Å². The van der Waals surface area contributed by atoms with Crippen LogP contribution in [-0.4, -0.2) is 42.4 Å². The molecule has 2 aromatic carbocycles. The van der Waals surface area contributed by atoms with E-state index >= 15 is 8.78 Å². The standard InChI is InChI=1S/C23H22F4O4.C2H6/c1-15-3-7-17(8-4-15)19(28)30-13-21(24)11-12-22(25,23(21,26)27)14-31-20(29)18-9-5-16(2)6-10-18;1-2/h3-10H,11-14H2,1-2H3;1-2H3. The maximum atomic E-state index is 15.0. The van der Waals surface area contributed by atoms with Crippen molar-refractivity contribution in [3.8, 4) is 0 Å². The van der Waals surface area contributed by atoms with Crippen LogP contribution < -0.4 is 0 Å². The number of ether oxygens (including phenoxy) is 2. The molecule has 0 amide bonds. The first kappa shape index (κ1) is 26.4. The van der Waals surface area contributed by atoms with Crippen molar-refractivity contribution in [2.24, 2.45) is 0 Å². The zero-order valence-corrected chi connectivity index (χ0v) is 19.1. The molecule has 0 radical (unpaired) electrons. The number of esters is 2. The number of alkyl halides is 4. The van der Waals surface area contributed by atoms with Crippen molar-refractivity contribution >= 4 is 11.9 Å². The Bertz CT molecular complexity index is 882. The number of aryl methyl sites for hydroxylation is 2. The molecule has 1 fully saturated rings. The van der Waals surface area contributed by atoms with Crippen LogP contribution in [0, 0.1) is 13.8 Å². The van der Waals surface area contributed by atoms with E-state index in [-0.39, 0.29) is 11.1 Å². The van der Waals surface area contributed by atoms with E-state index in [1.54, 1.807) is 38.1 Å². The molecule has 0 spiro atoms. The summed E-state index contributed by atoms with van der Waals surface area (Å²) < 4.78 is 68.9. The molecule has 8 heteroatoms. The minimum absolute atomic E-state index is 0.0639. The molecule has 3 rings (SSSR count). The van der Waals surface area contributed by atoms with Crippen molar-refractivity contribution in [3.05, 3.63) is 70.8 Å². The molecule has 1 aliphatic rings. The van der Waals surface area contributed by atoms with Crippen LogP contribution >= 0.6 is 0 Å². The van der Waals surface area contributed by atoms with Gasteiger partial charge < -0.3 is 9.47 Å². The van der Waals surface area contributed by atoms with Crippen LogP contribution in [0.1, 0.15) is 58.5 Å². The molecule has 1 saturated carbocycles.